The van der Waals surface area contributed by atoms with Crippen molar-refractivity contribution in [3.05, 3.63) is 29.8 Å². The molecule has 0 saturated heterocycles. The van der Waals surface area contributed by atoms with E-state index in [9.17, 15) is 13.2 Å². The fraction of sp³-hybridized carbons (Fsp3) is 0.125. The van der Waals surface area contributed by atoms with Gasteiger partial charge in [-0.1, -0.05) is 12.1 Å². The quantitative estimate of drug-likeness (QED) is 0.486. The minimum absolute atomic E-state index is 0. The summed E-state index contributed by atoms with van der Waals surface area (Å²) in [5.74, 6) is -1.80. The molecular formula is C8H10NaO7S. The van der Waals surface area contributed by atoms with Crippen molar-refractivity contribution in [2.24, 2.45) is 0 Å². The Morgan fingerprint density at radius 2 is 1.59 bits per heavy atom. The molecule has 0 aromatic heterocycles. The van der Waals surface area contributed by atoms with E-state index in [0.29, 0.717) is 0 Å². The Kier molecular flexibility index (Phi) is 7.64. The van der Waals surface area contributed by atoms with Crippen LogP contribution in [0.15, 0.2) is 24.3 Å². The number of aromatic hydroxyl groups is 1. The summed E-state index contributed by atoms with van der Waals surface area (Å²) in [7, 11) is -4.71. The average Bonchev–Trinajstić information content (AvgIpc) is 2.05. The van der Waals surface area contributed by atoms with Gasteiger partial charge in [-0.05, 0) is 17.7 Å². The molecule has 5 N–H and O–H groups in total. The van der Waals surface area contributed by atoms with E-state index in [1.165, 1.54) is 0 Å². The van der Waals surface area contributed by atoms with Crippen LogP contribution in [0.5, 0.6) is 5.75 Å². The van der Waals surface area contributed by atoms with E-state index in [2.05, 4.69) is 0 Å². The fourth-order valence-corrected chi connectivity index (χ4v) is 1.85. The maximum atomic E-state index is 10.8. The van der Waals surface area contributed by atoms with Crippen molar-refractivity contribution >= 4 is 45.6 Å². The molecule has 0 amide bonds. The molecule has 17 heavy (non-hydrogen) atoms. The first-order chi connectivity index (χ1) is 6.82. The summed E-state index contributed by atoms with van der Waals surface area (Å²) in [5, 5.41) is 15.5. The van der Waals surface area contributed by atoms with Crippen LogP contribution in [0.3, 0.4) is 0 Å². The molecule has 1 aromatic carbocycles. The van der Waals surface area contributed by atoms with Crippen molar-refractivity contribution in [3.63, 3.8) is 0 Å². The molecule has 0 heterocycles. The van der Waals surface area contributed by atoms with Gasteiger partial charge in [-0.15, -0.1) is 0 Å². The van der Waals surface area contributed by atoms with E-state index in [-0.39, 0.29) is 46.3 Å². The molecule has 0 aliphatic carbocycles. The minimum Gasteiger partial charge on any atom is -0.508 e. The largest absolute Gasteiger partial charge is 0.508 e. The second-order valence-corrected chi connectivity index (χ2v) is 4.33. The zero-order chi connectivity index (χ0) is 11.6. The monoisotopic (exact) mass is 273 g/mol. The predicted octanol–water partition coefficient (Wildman–Crippen LogP) is -0.800. The van der Waals surface area contributed by atoms with E-state index in [1.54, 1.807) is 0 Å². The molecule has 9 heteroatoms. The Morgan fingerprint density at radius 3 is 1.88 bits per heavy atom. The van der Waals surface area contributed by atoms with Crippen LogP contribution >= 0.6 is 0 Å². The number of carbonyl (C=O) groups is 1. The summed E-state index contributed by atoms with van der Waals surface area (Å²) in [6, 6.07) is 4.50. The first-order valence-corrected chi connectivity index (χ1v) is 5.30. The smallest absolute Gasteiger partial charge is 0.329 e. The number of hydrogen-bond donors (Lipinski definition) is 3. The number of benzene rings is 1. The maximum absolute atomic E-state index is 10.8. The number of rotatable bonds is 3. The molecule has 7 nitrogen and oxygen atoms in total. The van der Waals surface area contributed by atoms with Gasteiger partial charge in [-0.25, -0.2) is 0 Å². The van der Waals surface area contributed by atoms with E-state index < -0.39 is 21.3 Å². The van der Waals surface area contributed by atoms with E-state index in [4.69, 9.17) is 14.8 Å². The van der Waals surface area contributed by atoms with Crippen molar-refractivity contribution in [2.75, 3.05) is 0 Å². The van der Waals surface area contributed by atoms with Crippen molar-refractivity contribution < 1.29 is 33.5 Å². The van der Waals surface area contributed by atoms with Crippen LogP contribution in [0.4, 0.5) is 0 Å². The van der Waals surface area contributed by atoms with Gasteiger partial charge in [0, 0.05) is 29.6 Å². The van der Waals surface area contributed by atoms with Crippen LogP contribution in [0, 0.1) is 0 Å². The molecule has 1 radical (unpaired) electrons. The number of aliphatic carboxylic acids is 1. The van der Waals surface area contributed by atoms with Gasteiger partial charge in [0.25, 0.3) is 10.1 Å². The average molecular weight is 273 g/mol. The Labute approximate surface area is 119 Å². The maximum Gasteiger partial charge on any atom is 0.329 e. The molecule has 0 bridgehead atoms. The zero-order valence-electron chi connectivity index (χ0n) is 8.86. The van der Waals surface area contributed by atoms with Crippen molar-refractivity contribution in [3.8, 4) is 5.75 Å². The molecule has 0 saturated carbocycles. The third-order valence-electron chi connectivity index (χ3n) is 1.72. The van der Waals surface area contributed by atoms with Gasteiger partial charge in [-0.3, -0.25) is 9.35 Å². The van der Waals surface area contributed by atoms with Crippen molar-refractivity contribution in [2.45, 2.75) is 5.25 Å². The second kappa shape index (κ2) is 6.94. The zero-order valence-corrected chi connectivity index (χ0v) is 11.7. The number of carboxylic acid groups (broad SMARTS) is 1. The van der Waals surface area contributed by atoms with Crippen LogP contribution in [0.1, 0.15) is 10.8 Å². The topological polar surface area (TPSA) is 143 Å². The SMILES string of the molecule is O.O=C(O)C(c1ccc(O)cc1)S(=O)(=O)O.[Na]. The van der Waals surface area contributed by atoms with E-state index in [0.717, 1.165) is 24.3 Å². The van der Waals surface area contributed by atoms with Gasteiger partial charge >= 0.3 is 5.97 Å². The third kappa shape index (κ3) is 5.02. The van der Waals surface area contributed by atoms with E-state index >= 15 is 0 Å². The van der Waals surface area contributed by atoms with Crippen LogP contribution in [-0.2, 0) is 14.9 Å². The number of hydrogen-bond acceptors (Lipinski definition) is 4. The van der Waals surface area contributed by atoms with E-state index in [1.807, 2.05) is 0 Å². The van der Waals surface area contributed by atoms with Crippen LogP contribution in [0.25, 0.3) is 0 Å². The van der Waals surface area contributed by atoms with Gasteiger partial charge in [-0.2, -0.15) is 8.42 Å². The Bertz CT molecular complexity index is 467. The van der Waals surface area contributed by atoms with Gasteiger partial charge in [0.1, 0.15) is 5.75 Å². The molecular weight excluding hydrogens is 263 g/mol. The molecule has 1 aromatic rings. The summed E-state index contributed by atoms with van der Waals surface area (Å²) >= 11 is 0. The summed E-state index contributed by atoms with van der Waals surface area (Å²) in [5.41, 5.74) is -0.122. The summed E-state index contributed by atoms with van der Waals surface area (Å²) in [6.07, 6.45) is 0. The van der Waals surface area contributed by atoms with Gasteiger partial charge in [0.2, 0.25) is 5.25 Å². The Balaban J connectivity index is 0. The molecule has 1 atom stereocenters. The Morgan fingerprint density at radius 1 is 1.18 bits per heavy atom. The normalized spacial score (nSPS) is 11.8. The third-order valence-corrected chi connectivity index (χ3v) is 2.79. The van der Waals surface area contributed by atoms with Crippen LogP contribution in [0.2, 0.25) is 0 Å². The summed E-state index contributed by atoms with van der Waals surface area (Å²) in [4.78, 5) is 10.6. The van der Waals surface area contributed by atoms with Crippen LogP contribution in [-0.4, -0.2) is 64.2 Å². The van der Waals surface area contributed by atoms with Crippen molar-refractivity contribution in [1.29, 1.82) is 0 Å². The first-order valence-electron chi connectivity index (χ1n) is 3.80. The van der Waals surface area contributed by atoms with Gasteiger partial charge < -0.3 is 15.7 Å². The van der Waals surface area contributed by atoms with Gasteiger partial charge in [0.15, 0.2) is 0 Å². The Hall–Kier alpha value is -0.640. The standard InChI is InChI=1S/C8H8O6S.Na.H2O/c9-6-3-1-5(2-4-6)7(8(10)11)15(12,13)14;;/h1-4,7,9H,(H,10,11)(H,12,13,14);;1H2. The number of carboxylic acids is 1. The number of phenols is 1. The molecule has 1 rings (SSSR count). The summed E-state index contributed by atoms with van der Waals surface area (Å²) < 4.78 is 30.2. The predicted molar refractivity (Wildman–Crippen MR) is 59.4 cm³/mol. The fourth-order valence-electron chi connectivity index (χ4n) is 1.09. The van der Waals surface area contributed by atoms with Crippen LogP contribution < -0.4 is 0 Å². The second-order valence-electron chi connectivity index (χ2n) is 2.82. The molecule has 91 valence electrons. The molecule has 0 aliphatic heterocycles. The van der Waals surface area contributed by atoms with Crippen molar-refractivity contribution in [1.82, 2.24) is 0 Å². The number of phenolic OH excluding ortho intramolecular Hbond substituents is 1. The molecule has 0 fully saturated rings. The molecule has 0 spiro atoms. The van der Waals surface area contributed by atoms with Gasteiger partial charge in [0.05, 0.1) is 0 Å². The first kappa shape index (κ1) is 18.7. The minimum atomic E-state index is -4.71. The molecule has 1 unspecified atom stereocenters. The molecule has 0 aliphatic rings. The summed E-state index contributed by atoms with van der Waals surface area (Å²) in [6.45, 7) is 0.